The van der Waals surface area contributed by atoms with E-state index in [4.69, 9.17) is 0 Å². The zero-order valence-electron chi connectivity index (χ0n) is 11.8. The van der Waals surface area contributed by atoms with Crippen LogP contribution in [0.3, 0.4) is 0 Å². The van der Waals surface area contributed by atoms with Crippen molar-refractivity contribution in [2.24, 2.45) is 0 Å². The Morgan fingerprint density at radius 1 is 1.42 bits per heavy atom. The molecule has 1 saturated carbocycles. The van der Waals surface area contributed by atoms with Crippen LogP contribution in [0.1, 0.15) is 38.4 Å². The molecule has 1 heterocycles. The summed E-state index contributed by atoms with van der Waals surface area (Å²) in [7, 11) is -0.801. The van der Waals surface area contributed by atoms with Crippen molar-refractivity contribution in [1.82, 2.24) is 9.97 Å². The summed E-state index contributed by atoms with van der Waals surface area (Å²) in [5.74, 6) is 3.76. The second kappa shape index (κ2) is 6.32. The summed E-state index contributed by atoms with van der Waals surface area (Å²) in [6, 6.07) is 2.06. The summed E-state index contributed by atoms with van der Waals surface area (Å²) in [6.45, 7) is 4.91. The number of aromatic nitrogens is 2. The van der Waals surface area contributed by atoms with Crippen molar-refractivity contribution in [2.75, 3.05) is 29.2 Å². The molecule has 0 saturated heterocycles. The van der Waals surface area contributed by atoms with E-state index in [1.54, 1.807) is 6.26 Å². The smallest absolute Gasteiger partial charge is 0.136 e. The molecule has 2 N–H and O–H groups in total. The molecule has 1 aromatic heterocycles. The van der Waals surface area contributed by atoms with Crippen LogP contribution >= 0.6 is 0 Å². The second-order valence-corrected chi connectivity index (χ2v) is 6.57. The van der Waals surface area contributed by atoms with E-state index in [9.17, 15) is 4.21 Å². The zero-order chi connectivity index (χ0) is 13.8. The molecule has 0 aliphatic heterocycles. The molecule has 1 aromatic rings. The van der Waals surface area contributed by atoms with Gasteiger partial charge in [0.05, 0.1) is 0 Å². The summed E-state index contributed by atoms with van der Waals surface area (Å²) in [5.41, 5.74) is 0. The van der Waals surface area contributed by atoms with Crippen LogP contribution in [0, 0.1) is 0 Å². The van der Waals surface area contributed by atoms with Crippen LogP contribution in [-0.2, 0) is 10.8 Å². The van der Waals surface area contributed by atoms with Crippen molar-refractivity contribution in [3.63, 3.8) is 0 Å². The molecule has 1 aliphatic rings. The summed E-state index contributed by atoms with van der Waals surface area (Å²) in [6.07, 6.45) is 4.09. The van der Waals surface area contributed by atoms with E-state index in [2.05, 4.69) is 27.5 Å². The maximum Gasteiger partial charge on any atom is 0.136 e. The number of hydrogen-bond acceptors (Lipinski definition) is 5. The van der Waals surface area contributed by atoms with Gasteiger partial charge in [0.25, 0.3) is 0 Å². The van der Waals surface area contributed by atoms with Crippen molar-refractivity contribution in [2.45, 2.75) is 38.6 Å². The van der Waals surface area contributed by atoms with Crippen LogP contribution in [0.5, 0.6) is 0 Å². The van der Waals surface area contributed by atoms with Gasteiger partial charge >= 0.3 is 0 Å². The third-order valence-electron chi connectivity index (χ3n) is 2.92. The Morgan fingerprint density at radius 3 is 2.68 bits per heavy atom. The lowest BCUT2D eigenvalue weighted by Gasteiger charge is -2.15. The van der Waals surface area contributed by atoms with Crippen LogP contribution in [0.15, 0.2) is 6.07 Å². The van der Waals surface area contributed by atoms with Gasteiger partial charge in [0.2, 0.25) is 0 Å². The maximum absolute atomic E-state index is 11.2. The average molecular weight is 282 g/mol. The second-order valence-electron chi connectivity index (χ2n) is 5.09. The topological polar surface area (TPSA) is 66.9 Å². The van der Waals surface area contributed by atoms with Crippen LogP contribution in [0.4, 0.5) is 11.6 Å². The molecule has 0 spiro atoms. The van der Waals surface area contributed by atoms with Gasteiger partial charge in [0.1, 0.15) is 17.5 Å². The summed E-state index contributed by atoms with van der Waals surface area (Å²) < 4.78 is 11.2. The Kier molecular flexibility index (Phi) is 4.74. The monoisotopic (exact) mass is 282 g/mol. The highest BCUT2D eigenvalue weighted by Crippen LogP contribution is 2.38. The van der Waals surface area contributed by atoms with E-state index < -0.39 is 10.8 Å². The van der Waals surface area contributed by atoms with Gasteiger partial charge in [-0.2, -0.15) is 0 Å². The van der Waals surface area contributed by atoms with Crippen molar-refractivity contribution in [3.8, 4) is 0 Å². The molecule has 106 valence electrons. The fourth-order valence-corrected chi connectivity index (χ4v) is 2.77. The number of anilines is 2. The van der Waals surface area contributed by atoms with Crippen molar-refractivity contribution in [1.29, 1.82) is 0 Å². The van der Waals surface area contributed by atoms with Gasteiger partial charge in [-0.3, -0.25) is 4.21 Å². The number of nitrogens with one attached hydrogen (secondary N) is 2. The molecule has 1 aliphatic carbocycles. The van der Waals surface area contributed by atoms with Crippen molar-refractivity contribution >= 4 is 22.4 Å². The Bertz CT molecular complexity index is 462. The summed E-state index contributed by atoms with van der Waals surface area (Å²) in [5, 5.41) is 6.54. The molecule has 0 aromatic carbocycles. The molecule has 5 nitrogen and oxygen atoms in total. The first kappa shape index (κ1) is 14.2. The standard InChI is InChI=1S/C13H22N4OS/c1-4-14-11-7-12(15-9(2)8-19(3)18)17-13(16-11)10-5-6-10/h7,9-10H,4-6,8H2,1-3H3,(H2,14,15,16,17). The van der Waals surface area contributed by atoms with Crippen molar-refractivity contribution in [3.05, 3.63) is 11.9 Å². The molecule has 2 unspecified atom stereocenters. The predicted octanol–water partition coefficient (Wildman–Crippen LogP) is 1.96. The molecule has 2 atom stereocenters. The summed E-state index contributed by atoms with van der Waals surface area (Å²) in [4.78, 5) is 9.09. The lowest BCUT2D eigenvalue weighted by molar-refractivity contribution is 0.682. The van der Waals surface area contributed by atoms with Gasteiger partial charge in [-0.15, -0.1) is 0 Å². The highest BCUT2D eigenvalue weighted by Gasteiger charge is 2.27. The lowest BCUT2D eigenvalue weighted by Crippen LogP contribution is -2.23. The van der Waals surface area contributed by atoms with E-state index >= 15 is 0 Å². The first-order valence-corrected chi connectivity index (χ1v) is 8.50. The van der Waals surface area contributed by atoms with E-state index in [0.29, 0.717) is 11.7 Å². The molecule has 0 bridgehead atoms. The third kappa shape index (κ3) is 4.45. The van der Waals surface area contributed by atoms with Gasteiger partial charge in [-0.25, -0.2) is 9.97 Å². The lowest BCUT2D eigenvalue weighted by atomic mass is 10.3. The molecule has 19 heavy (non-hydrogen) atoms. The van der Waals surface area contributed by atoms with Gasteiger partial charge in [-0.1, -0.05) is 0 Å². The van der Waals surface area contributed by atoms with Gasteiger partial charge < -0.3 is 10.6 Å². The van der Waals surface area contributed by atoms with Gasteiger partial charge in [0.15, 0.2) is 0 Å². The van der Waals surface area contributed by atoms with Crippen LogP contribution in [0.25, 0.3) is 0 Å². The molecule has 0 radical (unpaired) electrons. The van der Waals surface area contributed by atoms with Crippen LogP contribution in [-0.4, -0.2) is 38.8 Å². The normalized spacial score (nSPS) is 17.8. The van der Waals surface area contributed by atoms with E-state index in [0.717, 1.165) is 24.0 Å². The van der Waals surface area contributed by atoms with Gasteiger partial charge in [-0.05, 0) is 26.7 Å². The Balaban J connectivity index is 2.11. The molecule has 1 fully saturated rings. The SMILES string of the molecule is CCNc1cc(NC(C)CS(C)=O)nc(C2CC2)n1. The highest BCUT2D eigenvalue weighted by atomic mass is 32.2. The Labute approximate surface area is 117 Å². The molecule has 6 heteroatoms. The van der Waals surface area contributed by atoms with Crippen LogP contribution < -0.4 is 10.6 Å². The first-order valence-electron chi connectivity index (χ1n) is 6.78. The fourth-order valence-electron chi connectivity index (χ4n) is 1.98. The predicted molar refractivity (Wildman–Crippen MR) is 80.2 cm³/mol. The summed E-state index contributed by atoms with van der Waals surface area (Å²) >= 11 is 0. The van der Waals surface area contributed by atoms with E-state index in [1.807, 2.05) is 13.0 Å². The minimum absolute atomic E-state index is 0.141. The molecule has 0 amide bonds. The third-order valence-corrected chi connectivity index (χ3v) is 3.89. The quantitative estimate of drug-likeness (QED) is 0.800. The highest BCUT2D eigenvalue weighted by molar-refractivity contribution is 7.84. The average Bonchev–Trinajstić information content (AvgIpc) is 3.11. The maximum atomic E-state index is 11.2. The van der Waals surface area contributed by atoms with Crippen molar-refractivity contribution < 1.29 is 4.21 Å². The Hall–Kier alpha value is -1.17. The number of rotatable bonds is 7. The van der Waals surface area contributed by atoms with Crippen LogP contribution in [0.2, 0.25) is 0 Å². The van der Waals surface area contributed by atoms with E-state index in [-0.39, 0.29) is 6.04 Å². The molecular weight excluding hydrogens is 260 g/mol. The molecular formula is C13H22N4OS. The minimum Gasteiger partial charge on any atom is -0.370 e. The largest absolute Gasteiger partial charge is 0.370 e. The number of nitrogens with zero attached hydrogens (tertiary/aromatic N) is 2. The first-order chi connectivity index (χ1) is 9.08. The minimum atomic E-state index is -0.801. The zero-order valence-corrected chi connectivity index (χ0v) is 12.6. The molecule has 2 rings (SSSR count). The van der Waals surface area contributed by atoms with Gasteiger partial charge in [0, 0.05) is 47.4 Å². The fraction of sp³-hybridized carbons (Fsp3) is 0.692. The number of hydrogen-bond donors (Lipinski definition) is 2. The Morgan fingerprint density at radius 2 is 2.11 bits per heavy atom. The van der Waals surface area contributed by atoms with E-state index in [1.165, 1.54) is 12.8 Å².